The van der Waals surface area contributed by atoms with E-state index in [1.54, 1.807) is 12.1 Å². The summed E-state index contributed by atoms with van der Waals surface area (Å²) in [4.78, 5) is 17.1. The number of amides is 1. The number of ether oxygens (including phenoxy) is 1. The minimum absolute atomic E-state index is 0.121. The van der Waals surface area contributed by atoms with Crippen molar-refractivity contribution in [3.63, 3.8) is 0 Å². The second-order valence-electron chi connectivity index (χ2n) is 6.87. The number of hydrogen-bond acceptors (Lipinski definition) is 3. The van der Waals surface area contributed by atoms with E-state index >= 15 is 0 Å². The lowest BCUT2D eigenvalue weighted by molar-refractivity contribution is -0.130. The zero-order chi connectivity index (χ0) is 18.8. The fraction of sp³-hybridized carbons (Fsp3) is 0.333. The second-order valence-corrected chi connectivity index (χ2v) is 6.87. The molecule has 1 fully saturated rings. The fourth-order valence-corrected chi connectivity index (χ4v) is 3.54. The summed E-state index contributed by atoms with van der Waals surface area (Å²) in [5.41, 5.74) is 2.32. The van der Waals surface area contributed by atoms with Crippen LogP contribution in [0.2, 0.25) is 0 Å². The molecule has 0 spiro atoms. The van der Waals surface area contributed by atoms with Crippen molar-refractivity contribution < 1.29 is 13.9 Å². The molecule has 1 aromatic heterocycles. The van der Waals surface area contributed by atoms with Crippen molar-refractivity contribution in [1.82, 2.24) is 14.9 Å². The Bertz CT molecular complexity index is 963. The smallest absolute Gasteiger partial charge is 0.249 e. The van der Waals surface area contributed by atoms with Gasteiger partial charge in [-0.3, -0.25) is 4.79 Å². The van der Waals surface area contributed by atoms with Crippen molar-refractivity contribution >= 4 is 16.9 Å². The average molecular weight is 367 g/mol. The van der Waals surface area contributed by atoms with E-state index in [4.69, 9.17) is 9.72 Å². The quantitative estimate of drug-likeness (QED) is 0.750. The SMILES string of the molecule is CC(NC(=O)C1CCCO1)c1nc2ccccc2n1Cc1ccccc1F. The Morgan fingerprint density at radius 2 is 2.07 bits per heavy atom. The van der Waals surface area contributed by atoms with Gasteiger partial charge in [0.1, 0.15) is 17.7 Å². The van der Waals surface area contributed by atoms with Crippen molar-refractivity contribution in [2.75, 3.05) is 6.61 Å². The van der Waals surface area contributed by atoms with Gasteiger partial charge in [-0.05, 0) is 38.0 Å². The van der Waals surface area contributed by atoms with Crippen molar-refractivity contribution in [2.24, 2.45) is 0 Å². The summed E-state index contributed by atoms with van der Waals surface area (Å²) in [5.74, 6) is 0.326. The van der Waals surface area contributed by atoms with Gasteiger partial charge in [-0.2, -0.15) is 0 Å². The highest BCUT2D eigenvalue weighted by Crippen LogP contribution is 2.23. The molecule has 27 heavy (non-hydrogen) atoms. The van der Waals surface area contributed by atoms with Gasteiger partial charge in [0.15, 0.2) is 0 Å². The van der Waals surface area contributed by atoms with Gasteiger partial charge in [0.2, 0.25) is 5.91 Å². The molecule has 6 heteroatoms. The maximum atomic E-state index is 14.2. The van der Waals surface area contributed by atoms with Gasteiger partial charge in [0, 0.05) is 12.2 Å². The third kappa shape index (κ3) is 3.57. The minimum atomic E-state index is -0.392. The maximum Gasteiger partial charge on any atom is 0.249 e. The third-order valence-electron chi connectivity index (χ3n) is 4.94. The first kappa shape index (κ1) is 17.7. The topological polar surface area (TPSA) is 56.1 Å². The average Bonchev–Trinajstić information content (AvgIpc) is 3.32. The first-order valence-corrected chi connectivity index (χ1v) is 9.24. The van der Waals surface area contributed by atoms with Crippen LogP contribution >= 0.6 is 0 Å². The Morgan fingerprint density at radius 3 is 2.85 bits per heavy atom. The van der Waals surface area contributed by atoms with Crippen LogP contribution in [0, 0.1) is 5.82 Å². The Hall–Kier alpha value is -2.73. The van der Waals surface area contributed by atoms with E-state index in [0.29, 0.717) is 24.5 Å². The molecule has 1 aliphatic heterocycles. The number of fused-ring (bicyclic) bond motifs is 1. The number of nitrogens with zero attached hydrogens (tertiary/aromatic N) is 2. The molecule has 140 valence electrons. The molecule has 1 amide bonds. The summed E-state index contributed by atoms with van der Waals surface area (Å²) >= 11 is 0. The molecule has 2 unspecified atom stereocenters. The number of hydrogen-bond donors (Lipinski definition) is 1. The van der Waals surface area contributed by atoms with Crippen molar-refractivity contribution in [1.29, 1.82) is 0 Å². The standard InChI is InChI=1S/C21H22FN3O2/c1-14(23-21(26)19-11-6-12-27-19)20-24-17-9-4-5-10-18(17)25(20)13-15-7-2-3-8-16(15)22/h2-5,7-10,14,19H,6,11-13H2,1H3,(H,23,26). The highest BCUT2D eigenvalue weighted by molar-refractivity contribution is 5.81. The number of carbonyl (C=O) groups is 1. The monoisotopic (exact) mass is 367 g/mol. The molecule has 3 aromatic rings. The number of halogens is 1. The summed E-state index contributed by atoms with van der Waals surface area (Å²) < 4.78 is 21.6. The Balaban J connectivity index is 1.67. The van der Waals surface area contributed by atoms with Crippen molar-refractivity contribution in [2.45, 2.75) is 38.5 Å². The number of carbonyl (C=O) groups excluding carboxylic acids is 1. The molecule has 1 saturated heterocycles. The van der Waals surface area contributed by atoms with Crippen LogP contribution in [0.5, 0.6) is 0 Å². The lowest BCUT2D eigenvalue weighted by Crippen LogP contribution is -2.36. The Kier molecular flexibility index (Phi) is 4.90. The Labute approximate surface area is 157 Å². The number of benzene rings is 2. The minimum Gasteiger partial charge on any atom is -0.368 e. The molecule has 0 radical (unpaired) electrons. The van der Waals surface area contributed by atoms with E-state index in [2.05, 4.69) is 5.32 Å². The summed E-state index contributed by atoms with van der Waals surface area (Å²) in [6.45, 7) is 2.87. The molecule has 5 nitrogen and oxygen atoms in total. The zero-order valence-electron chi connectivity index (χ0n) is 15.2. The normalized spacial score (nSPS) is 17.9. The van der Waals surface area contributed by atoms with E-state index in [1.807, 2.05) is 41.8 Å². The molecule has 2 atom stereocenters. The summed E-state index contributed by atoms with van der Waals surface area (Å²) in [5, 5.41) is 3.00. The number of aromatic nitrogens is 2. The molecular weight excluding hydrogens is 345 g/mol. The van der Waals surface area contributed by atoms with Crippen LogP contribution in [0.1, 0.15) is 37.2 Å². The van der Waals surface area contributed by atoms with E-state index in [-0.39, 0.29) is 17.8 Å². The first-order chi connectivity index (χ1) is 13.1. The second kappa shape index (κ2) is 7.48. The fourth-order valence-electron chi connectivity index (χ4n) is 3.54. The maximum absolute atomic E-state index is 14.2. The molecule has 0 saturated carbocycles. The van der Waals surface area contributed by atoms with Crippen LogP contribution in [0.25, 0.3) is 11.0 Å². The zero-order valence-corrected chi connectivity index (χ0v) is 15.2. The highest BCUT2D eigenvalue weighted by Gasteiger charge is 2.26. The molecular formula is C21H22FN3O2. The first-order valence-electron chi connectivity index (χ1n) is 9.24. The molecule has 2 heterocycles. The molecule has 0 bridgehead atoms. The van der Waals surface area contributed by atoms with Gasteiger partial charge in [-0.25, -0.2) is 9.37 Å². The van der Waals surface area contributed by atoms with Crippen molar-refractivity contribution in [3.8, 4) is 0 Å². The van der Waals surface area contributed by atoms with Crippen LogP contribution in [-0.2, 0) is 16.1 Å². The highest BCUT2D eigenvalue weighted by atomic mass is 19.1. The largest absolute Gasteiger partial charge is 0.368 e. The molecule has 1 N–H and O–H groups in total. The van der Waals surface area contributed by atoms with Gasteiger partial charge in [-0.1, -0.05) is 30.3 Å². The number of rotatable bonds is 5. The number of para-hydroxylation sites is 2. The molecule has 2 aromatic carbocycles. The van der Waals surface area contributed by atoms with E-state index in [1.165, 1.54) is 6.07 Å². The van der Waals surface area contributed by atoms with Gasteiger partial charge in [0.25, 0.3) is 0 Å². The van der Waals surface area contributed by atoms with E-state index in [9.17, 15) is 9.18 Å². The van der Waals surface area contributed by atoms with E-state index in [0.717, 1.165) is 23.9 Å². The van der Waals surface area contributed by atoms with Crippen LogP contribution < -0.4 is 5.32 Å². The van der Waals surface area contributed by atoms with Crippen LogP contribution in [0.4, 0.5) is 4.39 Å². The van der Waals surface area contributed by atoms with Crippen LogP contribution in [0.15, 0.2) is 48.5 Å². The molecule has 1 aliphatic rings. The third-order valence-corrected chi connectivity index (χ3v) is 4.94. The molecule has 4 rings (SSSR count). The van der Waals surface area contributed by atoms with E-state index < -0.39 is 6.10 Å². The summed E-state index contributed by atoms with van der Waals surface area (Å²) in [6.07, 6.45) is 1.25. The van der Waals surface area contributed by atoms with Gasteiger partial charge in [0.05, 0.1) is 23.6 Å². The Morgan fingerprint density at radius 1 is 1.30 bits per heavy atom. The van der Waals surface area contributed by atoms with Gasteiger partial charge >= 0.3 is 0 Å². The summed E-state index contributed by atoms with van der Waals surface area (Å²) in [7, 11) is 0. The van der Waals surface area contributed by atoms with Gasteiger partial charge in [-0.15, -0.1) is 0 Å². The molecule has 0 aliphatic carbocycles. The predicted octanol–water partition coefficient (Wildman–Crippen LogP) is 3.58. The van der Waals surface area contributed by atoms with Crippen LogP contribution in [-0.4, -0.2) is 28.2 Å². The lowest BCUT2D eigenvalue weighted by Gasteiger charge is -2.18. The predicted molar refractivity (Wildman–Crippen MR) is 101 cm³/mol. The summed E-state index contributed by atoms with van der Waals surface area (Å²) in [6, 6.07) is 14.1. The lowest BCUT2D eigenvalue weighted by atomic mass is 10.2. The van der Waals surface area contributed by atoms with Crippen molar-refractivity contribution in [3.05, 3.63) is 65.7 Å². The van der Waals surface area contributed by atoms with Gasteiger partial charge < -0.3 is 14.6 Å². The van der Waals surface area contributed by atoms with Crippen LogP contribution in [0.3, 0.4) is 0 Å². The number of imidazole rings is 1. The number of nitrogens with one attached hydrogen (secondary N) is 1.